The van der Waals surface area contributed by atoms with Crippen LogP contribution >= 0.6 is 0 Å². The van der Waals surface area contributed by atoms with Gasteiger partial charge in [-0.2, -0.15) is 0 Å². The molecule has 0 spiro atoms. The van der Waals surface area contributed by atoms with E-state index in [1.54, 1.807) is 6.92 Å². The smallest absolute Gasteiger partial charge is 0.282 e. The van der Waals surface area contributed by atoms with Crippen molar-refractivity contribution in [1.82, 2.24) is 9.62 Å². The Morgan fingerprint density at radius 3 is 2.35 bits per heavy atom. The summed E-state index contributed by atoms with van der Waals surface area (Å²) in [5, 5.41) is 13.8. The molecule has 13 heteroatoms. The van der Waals surface area contributed by atoms with Gasteiger partial charge in [-0.3, -0.25) is 29.4 Å². The number of nitrogens with one attached hydrogen (secondary N) is 2. The molecule has 0 radical (unpaired) electrons. The fraction of sp³-hybridized carbons (Fsp3) is 0.286. The zero-order chi connectivity index (χ0) is 25.2. The van der Waals surface area contributed by atoms with Gasteiger partial charge in [0, 0.05) is 24.9 Å². The van der Waals surface area contributed by atoms with Crippen LogP contribution in [0.4, 0.5) is 11.4 Å². The fourth-order valence-corrected chi connectivity index (χ4v) is 4.72. The quantitative estimate of drug-likeness (QED) is 0.303. The van der Waals surface area contributed by atoms with Gasteiger partial charge < -0.3 is 10.1 Å². The second kappa shape index (κ2) is 9.67. The summed E-state index contributed by atoms with van der Waals surface area (Å²) in [6.45, 7) is 3.14. The predicted molar refractivity (Wildman–Crippen MR) is 120 cm³/mol. The number of amides is 3. The summed E-state index contributed by atoms with van der Waals surface area (Å²) in [5.74, 6) is -2.49. The van der Waals surface area contributed by atoms with Crippen molar-refractivity contribution in [3.05, 3.63) is 63.7 Å². The monoisotopic (exact) mass is 490 g/mol. The Bertz CT molecular complexity index is 1260. The van der Waals surface area contributed by atoms with Crippen LogP contribution in [0.1, 0.15) is 34.6 Å². The minimum atomic E-state index is -3.81. The molecule has 2 aromatic carbocycles. The van der Waals surface area contributed by atoms with Crippen LogP contribution in [0.2, 0.25) is 0 Å². The van der Waals surface area contributed by atoms with Crippen LogP contribution in [-0.4, -0.2) is 61.8 Å². The summed E-state index contributed by atoms with van der Waals surface area (Å²) in [6.07, 6.45) is 0. The molecule has 12 nitrogen and oxygen atoms in total. The standard InChI is InChI=1S/C21H22N4O8S/c1-12(11-33-3)23-34(31,32)15-9-7-14(8-10-15)22-19(26)13(2)24-20(27)16-5-4-6-17(25(29)30)18(16)21(24)28/h4-10,12-13,23H,11H2,1-3H3,(H,22,26)/t12?,13-/m0/s1. The maximum Gasteiger partial charge on any atom is 0.282 e. The highest BCUT2D eigenvalue weighted by Crippen LogP contribution is 2.32. The number of anilines is 1. The molecule has 1 heterocycles. The van der Waals surface area contributed by atoms with E-state index >= 15 is 0 Å². The van der Waals surface area contributed by atoms with E-state index in [1.165, 1.54) is 50.4 Å². The molecule has 34 heavy (non-hydrogen) atoms. The molecule has 3 rings (SSSR count). The number of benzene rings is 2. The minimum Gasteiger partial charge on any atom is -0.383 e. The Hall–Kier alpha value is -3.68. The van der Waals surface area contributed by atoms with Crippen molar-refractivity contribution >= 4 is 39.1 Å². The number of sulfonamides is 1. The van der Waals surface area contributed by atoms with Gasteiger partial charge in [0.15, 0.2) is 0 Å². The number of methoxy groups -OCH3 is 1. The Balaban J connectivity index is 1.74. The first-order valence-electron chi connectivity index (χ1n) is 10.1. The number of carbonyl (C=O) groups excluding carboxylic acids is 3. The molecule has 1 aliphatic heterocycles. The molecule has 0 bridgehead atoms. The molecular weight excluding hydrogens is 468 g/mol. The molecule has 0 fully saturated rings. The van der Waals surface area contributed by atoms with Crippen LogP contribution in [0.25, 0.3) is 0 Å². The summed E-state index contributed by atoms with van der Waals surface area (Å²) < 4.78 is 32.2. The molecule has 2 aromatic rings. The molecule has 0 aromatic heterocycles. The van der Waals surface area contributed by atoms with Crippen molar-refractivity contribution < 1.29 is 32.5 Å². The average molecular weight is 490 g/mol. The SMILES string of the molecule is COCC(C)NS(=O)(=O)c1ccc(NC(=O)[C@H](C)N2C(=O)c3cccc([N+](=O)[O-])c3C2=O)cc1. The Labute approximate surface area is 195 Å². The highest BCUT2D eigenvalue weighted by molar-refractivity contribution is 7.89. The Morgan fingerprint density at radius 1 is 1.12 bits per heavy atom. The van der Waals surface area contributed by atoms with Gasteiger partial charge in [0.25, 0.3) is 17.5 Å². The number of fused-ring (bicyclic) bond motifs is 1. The van der Waals surface area contributed by atoms with Crippen LogP contribution in [0.3, 0.4) is 0 Å². The summed E-state index contributed by atoms with van der Waals surface area (Å²) >= 11 is 0. The van der Waals surface area contributed by atoms with Crippen molar-refractivity contribution in [2.24, 2.45) is 0 Å². The third-order valence-electron chi connectivity index (χ3n) is 5.09. The number of rotatable bonds is 9. The lowest BCUT2D eigenvalue weighted by Crippen LogP contribution is -2.45. The van der Waals surface area contributed by atoms with E-state index in [9.17, 15) is 32.9 Å². The highest BCUT2D eigenvalue weighted by atomic mass is 32.2. The second-order valence-electron chi connectivity index (χ2n) is 7.60. The lowest BCUT2D eigenvalue weighted by atomic mass is 10.1. The van der Waals surface area contributed by atoms with Gasteiger partial charge in [-0.15, -0.1) is 0 Å². The van der Waals surface area contributed by atoms with Crippen LogP contribution in [0, 0.1) is 10.1 Å². The summed E-state index contributed by atoms with van der Waals surface area (Å²) in [7, 11) is -2.36. The molecule has 0 aliphatic carbocycles. The van der Waals surface area contributed by atoms with Crippen LogP contribution in [-0.2, 0) is 19.6 Å². The summed E-state index contributed by atoms with van der Waals surface area (Å²) in [6, 6.07) is 7.23. The van der Waals surface area contributed by atoms with Crippen molar-refractivity contribution in [3.63, 3.8) is 0 Å². The maximum atomic E-state index is 12.8. The van der Waals surface area contributed by atoms with E-state index in [2.05, 4.69) is 10.0 Å². The number of hydrogen-bond donors (Lipinski definition) is 2. The van der Waals surface area contributed by atoms with Gasteiger partial charge >= 0.3 is 0 Å². The highest BCUT2D eigenvalue weighted by Gasteiger charge is 2.44. The lowest BCUT2D eigenvalue weighted by Gasteiger charge is -2.21. The van der Waals surface area contributed by atoms with Gasteiger partial charge in [0.1, 0.15) is 11.6 Å². The molecular formula is C21H22N4O8S. The van der Waals surface area contributed by atoms with Crippen LogP contribution in [0.15, 0.2) is 47.4 Å². The third-order valence-corrected chi connectivity index (χ3v) is 6.70. The summed E-state index contributed by atoms with van der Waals surface area (Å²) in [4.78, 5) is 49.3. The average Bonchev–Trinajstić information content (AvgIpc) is 3.03. The zero-order valence-corrected chi connectivity index (χ0v) is 19.3. The number of imide groups is 1. The molecule has 1 unspecified atom stereocenters. The van der Waals surface area contributed by atoms with Crippen molar-refractivity contribution in [2.45, 2.75) is 30.8 Å². The molecule has 2 atom stereocenters. The van der Waals surface area contributed by atoms with Crippen LogP contribution in [0.5, 0.6) is 0 Å². The van der Waals surface area contributed by atoms with E-state index in [1.807, 2.05) is 0 Å². The Morgan fingerprint density at radius 2 is 1.76 bits per heavy atom. The van der Waals surface area contributed by atoms with Gasteiger partial charge in [0.05, 0.1) is 22.0 Å². The normalized spacial score (nSPS) is 15.1. The van der Waals surface area contributed by atoms with E-state index in [4.69, 9.17) is 4.74 Å². The number of hydrogen-bond acceptors (Lipinski definition) is 8. The van der Waals surface area contributed by atoms with Crippen molar-refractivity contribution in [1.29, 1.82) is 0 Å². The van der Waals surface area contributed by atoms with Gasteiger partial charge in [-0.05, 0) is 44.2 Å². The molecule has 1 aliphatic rings. The molecule has 2 N–H and O–H groups in total. The predicted octanol–water partition coefficient (Wildman–Crippen LogP) is 1.53. The summed E-state index contributed by atoms with van der Waals surface area (Å²) in [5.41, 5.74) is -0.801. The molecule has 3 amide bonds. The van der Waals surface area contributed by atoms with Gasteiger partial charge in [-0.1, -0.05) is 6.07 Å². The first-order valence-corrected chi connectivity index (χ1v) is 11.5. The first-order chi connectivity index (χ1) is 16.0. The molecule has 0 saturated carbocycles. The van der Waals surface area contributed by atoms with Gasteiger partial charge in [0.2, 0.25) is 15.9 Å². The first kappa shape index (κ1) is 25.0. The number of carbonyl (C=O) groups is 3. The van der Waals surface area contributed by atoms with Crippen molar-refractivity contribution in [3.8, 4) is 0 Å². The fourth-order valence-electron chi connectivity index (χ4n) is 3.49. The topological polar surface area (TPSA) is 165 Å². The van der Waals surface area contributed by atoms with E-state index in [0.717, 1.165) is 6.07 Å². The van der Waals surface area contributed by atoms with E-state index in [0.29, 0.717) is 4.90 Å². The number of ether oxygens (including phenoxy) is 1. The lowest BCUT2D eigenvalue weighted by molar-refractivity contribution is -0.385. The maximum absolute atomic E-state index is 12.8. The van der Waals surface area contributed by atoms with E-state index < -0.39 is 50.4 Å². The minimum absolute atomic E-state index is 0.0332. The van der Waals surface area contributed by atoms with Crippen molar-refractivity contribution in [2.75, 3.05) is 19.0 Å². The molecule has 180 valence electrons. The van der Waals surface area contributed by atoms with E-state index in [-0.39, 0.29) is 28.3 Å². The number of nitro groups is 1. The van der Waals surface area contributed by atoms with Crippen LogP contribution < -0.4 is 10.0 Å². The largest absolute Gasteiger partial charge is 0.383 e. The molecule has 0 saturated heterocycles. The van der Waals surface area contributed by atoms with Gasteiger partial charge in [-0.25, -0.2) is 13.1 Å². The number of nitro benzene ring substituents is 1. The zero-order valence-electron chi connectivity index (χ0n) is 18.5. The Kier molecular flexibility index (Phi) is 7.09. The third kappa shape index (κ3) is 4.81. The second-order valence-corrected chi connectivity index (χ2v) is 9.32. The number of nitrogens with zero attached hydrogens (tertiary/aromatic N) is 2.